The number of rotatable bonds is 7. The van der Waals surface area contributed by atoms with Gasteiger partial charge in [-0.05, 0) is 39.0 Å². The Hall–Kier alpha value is -3.54. The van der Waals surface area contributed by atoms with Crippen LogP contribution < -0.4 is 4.90 Å². The minimum Gasteiger partial charge on any atom is -0.457 e. The van der Waals surface area contributed by atoms with Gasteiger partial charge in [0.15, 0.2) is 6.10 Å². The number of carbonyl (C=O) groups excluding carboxylic acids is 5. The molecule has 3 amide bonds. The topological polar surface area (TPSA) is 123 Å². The van der Waals surface area contributed by atoms with Gasteiger partial charge in [0.05, 0.1) is 13.2 Å². The van der Waals surface area contributed by atoms with E-state index in [1.54, 1.807) is 34.9 Å². The van der Waals surface area contributed by atoms with Crippen molar-refractivity contribution in [3.63, 3.8) is 0 Å². The second kappa shape index (κ2) is 11.5. The summed E-state index contributed by atoms with van der Waals surface area (Å²) in [5.41, 5.74) is -0.974. The number of anilines is 1. The highest BCUT2D eigenvalue weighted by Crippen LogP contribution is 2.25. The molecule has 2 atom stereocenters. The van der Waals surface area contributed by atoms with Gasteiger partial charge in [-0.3, -0.25) is 19.2 Å². The quantitative estimate of drug-likeness (QED) is 0.499. The second-order valence-electron chi connectivity index (χ2n) is 9.49. The summed E-state index contributed by atoms with van der Waals surface area (Å²) >= 11 is 0. The summed E-state index contributed by atoms with van der Waals surface area (Å²) in [5.74, 6) is -4.32. The van der Waals surface area contributed by atoms with E-state index in [0.717, 1.165) is 28.9 Å². The monoisotopic (exact) mass is 509 g/mol. The fourth-order valence-corrected chi connectivity index (χ4v) is 3.34. The number of morpholine rings is 1. The molecule has 1 saturated heterocycles. The van der Waals surface area contributed by atoms with Crippen LogP contribution in [0.25, 0.3) is 0 Å². The van der Waals surface area contributed by atoms with Crippen LogP contribution in [-0.4, -0.2) is 98.1 Å². The van der Waals surface area contributed by atoms with Gasteiger partial charge in [0.25, 0.3) is 11.8 Å². The number of carbonyl (C=O) groups is 5. The highest BCUT2D eigenvalue weighted by Gasteiger charge is 2.44. The summed E-state index contributed by atoms with van der Waals surface area (Å²) < 4.78 is 30.3. The summed E-state index contributed by atoms with van der Waals surface area (Å²) in [6, 6.07) is 3.35. The number of hydrogen-bond acceptors (Lipinski definition) is 8. The molecule has 1 fully saturated rings. The minimum absolute atomic E-state index is 0.0114. The van der Waals surface area contributed by atoms with Crippen LogP contribution >= 0.6 is 0 Å². The molecule has 0 unspecified atom stereocenters. The lowest BCUT2D eigenvalue weighted by Gasteiger charge is -2.35. The van der Waals surface area contributed by atoms with Gasteiger partial charge in [-0.2, -0.15) is 0 Å². The molecule has 0 aromatic heterocycles. The molecule has 2 rings (SSSR count). The molecule has 12 heteroatoms. The molecule has 1 aliphatic heterocycles. The molecule has 1 aromatic rings. The summed E-state index contributed by atoms with van der Waals surface area (Å²) in [4.78, 5) is 66.0. The number of likely N-dealkylation sites (N-methyl/N-ethyl adjacent to an activating group) is 2. The van der Waals surface area contributed by atoms with Crippen molar-refractivity contribution in [1.29, 1.82) is 0 Å². The number of nitrogens with zero attached hydrogens (tertiary/aromatic N) is 3. The summed E-state index contributed by atoms with van der Waals surface area (Å²) in [6.07, 6.45) is -3.23. The number of amides is 3. The van der Waals surface area contributed by atoms with Gasteiger partial charge in [-0.1, -0.05) is 0 Å². The molecule has 1 heterocycles. The third-order valence-electron chi connectivity index (χ3n) is 4.99. The third-order valence-corrected chi connectivity index (χ3v) is 4.99. The first kappa shape index (κ1) is 28.7. The van der Waals surface area contributed by atoms with Crippen LogP contribution in [0.5, 0.6) is 0 Å². The lowest BCUT2D eigenvalue weighted by molar-refractivity contribution is -0.188. The van der Waals surface area contributed by atoms with E-state index in [1.165, 1.54) is 18.0 Å². The SMILES string of the molecule is CC(=O)O[C@@H](C(=O)OC(C)(C)C)[C@H]1OCCN(c2cc(F)cc(C(=O)N(C)CC(=O)N(C)C)c2)C1=O. The van der Waals surface area contributed by atoms with Crippen LogP contribution in [0.2, 0.25) is 0 Å². The standard InChI is InChI=1S/C24H32FN3O8/c1-14(29)35-20(23(33)36-24(2,3)4)19-22(32)28(8-9-34-19)17-11-15(10-16(25)12-17)21(31)27(7)13-18(30)26(5)6/h10-12,19-20H,8-9,13H2,1-7H3/t19-,20-/m1/s1. The van der Waals surface area contributed by atoms with E-state index in [9.17, 15) is 28.4 Å². The second-order valence-corrected chi connectivity index (χ2v) is 9.49. The lowest BCUT2D eigenvalue weighted by atomic mass is 10.1. The van der Waals surface area contributed by atoms with Crippen LogP contribution in [0, 0.1) is 5.82 Å². The molecular formula is C24H32FN3O8. The fraction of sp³-hybridized carbons (Fsp3) is 0.542. The van der Waals surface area contributed by atoms with Gasteiger partial charge < -0.3 is 28.9 Å². The van der Waals surface area contributed by atoms with E-state index in [4.69, 9.17) is 14.2 Å². The van der Waals surface area contributed by atoms with E-state index in [2.05, 4.69) is 0 Å². The fourth-order valence-electron chi connectivity index (χ4n) is 3.34. The zero-order valence-corrected chi connectivity index (χ0v) is 21.5. The van der Waals surface area contributed by atoms with Crippen LogP contribution in [0.1, 0.15) is 38.1 Å². The van der Waals surface area contributed by atoms with Crippen LogP contribution in [-0.2, 0) is 33.4 Å². The molecule has 0 spiro atoms. The Morgan fingerprint density at radius 2 is 1.81 bits per heavy atom. The smallest absolute Gasteiger partial charge is 0.351 e. The third kappa shape index (κ3) is 7.48. The van der Waals surface area contributed by atoms with Gasteiger partial charge >= 0.3 is 11.9 Å². The largest absolute Gasteiger partial charge is 0.457 e. The summed E-state index contributed by atoms with van der Waals surface area (Å²) in [5, 5.41) is 0. The zero-order valence-electron chi connectivity index (χ0n) is 21.5. The number of benzene rings is 1. The van der Waals surface area contributed by atoms with E-state index in [0.29, 0.717) is 0 Å². The number of hydrogen-bond donors (Lipinski definition) is 0. The highest BCUT2D eigenvalue weighted by atomic mass is 19.1. The maximum absolute atomic E-state index is 14.5. The molecule has 0 N–H and O–H groups in total. The maximum Gasteiger partial charge on any atom is 0.351 e. The molecule has 1 aromatic carbocycles. The van der Waals surface area contributed by atoms with Crippen LogP contribution in [0.3, 0.4) is 0 Å². The Bertz CT molecular complexity index is 1040. The predicted octanol–water partition coefficient (Wildman–Crippen LogP) is 0.991. The molecule has 1 aliphatic rings. The normalized spacial score (nSPS) is 16.7. The molecule has 11 nitrogen and oxygen atoms in total. The molecule has 0 radical (unpaired) electrons. The van der Waals surface area contributed by atoms with Crippen molar-refractivity contribution in [2.45, 2.75) is 45.5 Å². The predicted molar refractivity (Wildman–Crippen MR) is 126 cm³/mol. The molecule has 0 bridgehead atoms. The van der Waals surface area contributed by atoms with Crippen molar-refractivity contribution >= 4 is 35.3 Å². The Balaban J connectivity index is 2.34. The minimum atomic E-state index is -1.69. The first-order valence-electron chi connectivity index (χ1n) is 11.2. The maximum atomic E-state index is 14.5. The first-order valence-corrected chi connectivity index (χ1v) is 11.2. The van der Waals surface area contributed by atoms with Crippen molar-refractivity contribution in [3.8, 4) is 0 Å². The molecule has 198 valence electrons. The summed E-state index contributed by atoms with van der Waals surface area (Å²) in [7, 11) is 4.48. The van der Waals surface area contributed by atoms with Gasteiger partial charge in [-0.25, -0.2) is 9.18 Å². The van der Waals surface area contributed by atoms with Crippen molar-refractivity contribution < 1.29 is 42.6 Å². The molecule has 0 saturated carbocycles. The first-order chi connectivity index (χ1) is 16.6. The lowest BCUT2D eigenvalue weighted by Crippen LogP contribution is -2.56. The van der Waals surface area contributed by atoms with Gasteiger partial charge in [-0.15, -0.1) is 0 Å². The Labute approximate surface area is 209 Å². The average molecular weight is 510 g/mol. The van der Waals surface area contributed by atoms with E-state index >= 15 is 0 Å². The number of esters is 2. The van der Waals surface area contributed by atoms with Gasteiger partial charge in [0, 0.05) is 45.9 Å². The number of ether oxygens (including phenoxy) is 3. The van der Waals surface area contributed by atoms with E-state index < -0.39 is 47.4 Å². The van der Waals surface area contributed by atoms with E-state index in [1.807, 2.05) is 0 Å². The summed E-state index contributed by atoms with van der Waals surface area (Å²) in [6.45, 7) is 5.61. The Morgan fingerprint density at radius 3 is 2.36 bits per heavy atom. The van der Waals surface area contributed by atoms with Gasteiger partial charge in [0.2, 0.25) is 12.0 Å². The van der Waals surface area contributed by atoms with Gasteiger partial charge in [0.1, 0.15) is 11.4 Å². The molecular weight excluding hydrogens is 477 g/mol. The molecule has 36 heavy (non-hydrogen) atoms. The van der Waals surface area contributed by atoms with Crippen molar-refractivity contribution in [2.24, 2.45) is 0 Å². The average Bonchev–Trinajstić information content (AvgIpc) is 2.75. The molecule has 0 aliphatic carbocycles. The van der Waals surface area contributed by atoms with E-state index in [-0.39, 0.29) is 36.9 Å². The Kier molecular flexibility index (Phi) is 9.14. The number of halogens is 1. The van der Waals surface area contributed by atoms with Crippen molar-refractivity contribution in [1.82, 2.24) is 9.80 Å². The van der Waals surface area contributed by atoms with Crippen molar-refractivity contribution in [2.75, 3.05) is 45.7 Å². The Morgan fingerprint density at radius 1 is 1.17 bits per heavy atom. The highest BCUT2D eigenvalue weighted by molar-refractivity contribution is 6.02. The van der Waals surface area contributed by atoms with Crippen LogP contribution in [0.4, 0.5) is 10.1 Å². The van der Waals surface area contributed by atoms with Crippen molar-refractivity contribution in [3.05, 3.63) is 29.6 Å². The van der Waals surface area contributed by atoms with Crippen LogP contribution in [0.15, 0.2) is 18.2 Å². The zero-order chi connectivity index (χ0) is 27.4.